The molecule has 1 saturated carbocycles. The van der Waals surface area contributed by atoms with E-state index in [0.29, 0.717) is 39.7 Å². The highest BCUT2D eigenvalue weighted by atomic mass is 79.9. The normalized spacial score (nSPS) is 20.9. The molecular formula is C21H22BrN7O3. The van der Waals surface area contributed by atoms with Gasteiger partial charge in [-0.25, -0.2) is 4.98 Å². The van der Waals surface area contributed by atoms with E-state index < -0.39 is 11.9 Å². The molecule has 2 fully saturated rings. The van der Waals surface area contributed by atoms with Crippen molar-refractivity contribution in [3.8, 4) is 0 Å². The standard InChI is InChI=1S/C21H22BrN7O3/c1-10-19(22)27-16(8-25-10)28-21(32)15-7-11-6-14(11)29(15)17(30)9-26-13-5-3-2-4-12(13)18(23)20(24)31/h2-5,8,11,14-15,23,26H,6-7,9H2,1H3,(H2,24,31)(H,27,28,32)/t11-,14-,15+/m1/s1. The van der Waals surface area contributed by atoms with E-state index in [-0.39, 0.29) is 30.1 Å². The van der Waals surface area contributed by atoms with Gasteiger partial charge >= 0.3 is 0 Å². The zero-order chi connectivity index (χ0) is 23.0. The van der Waals surface area contributed by atoms with Crippen molar-refractivity contribution in [3.05, 3.63) is 46.3 Å². The van der Waals surface area contributed by atoms with Gasteiger partial charge in [-0.05, 0) is 47.7 Å². The molecule has 3 amide bonds. The van der Waals surface area contributed by atoms with Gasteiger partial charge in [-0.2, -0.15) is 0 Å². The topological polar surface area (TPSA) is 154 Å². The maximum absolute atomic E-state index is 13.0. The molecule has 1 aromatic carbocycles. The first-order valence-corrected chi connectivity index (χ1v) is 10.9. The lowest BCUT2D eigenvalue weighted by Crippen LogP contribution is -2.47. The van der Waals surface area contributed by atoms with Crippen LogP contribution in [0.4, 0.5) is 11.5 Å². The number of nitrogens with two attached hydrogens (primary N) is 1. The van der Waals surface area contributed by atoms with Gasteiger partial charge in [0.05, 0.1) is 18.4 Å². The van der Waals surface area contributed by atoms with Crippen molar-refractivity contribution < 1.29 is 14.4 Å². The largest absolute Gasteiger partial charge is 0.376 e. The van der Waals surface area contributed by atoms with Crippen LogP contribution in [0.5, 0.6) is 0 Å². The van der Waals surface area contributed by atoms with Crippen molar-refractivity contribution in [2.75, 3.05) is 17.2 Å². The number of piperidine rings is 1. The second-order valence-electron chi connectivity index (χ2n) is 7.87. The number of aryl methyl sites for hydroxylation is 1. The van der Waals surface area contributed by atoms with Crippen molar-refractivity contribution in [3.63, 3.8) is 0 Å². The second kappa shape index (κ2) is 8.65. The fourth-order valence-corrected chi connectivity index (χ4v) is 4.29. The van der Waals surface area contributed by atoms with Crippen molar-refractivity contribution in [2.45, 2.75) is 31.8 Å². The maximum Gasteiger partial charge on any atom is 0.267 e. The van der Waals surface area contributed by atoms with Gasteiger partial charge < -0.3 is 21.3 Å². The van der Waals surface area contributed by atoms with Crippen LogP contribution in [0.2, 0.25) is 0 Å². The molecule has 10 nitrogen and oxygen atoms in total. The van der Waals surface area contributed by atoms with Gasteiger partial charge in [0.1, 0.15) is 16.4 Å². The van der Waals surface area contributed by atoms with Crippen LogP contribution in [0.3, 0.4) is 0 Å². The number of primary amides is 1. The van der Waals surface area contributed by atoms with Crippen molar-refractivity contribution in [1.82, 2.24) is 14.9 Å². The van der Waals surface area contributed by atoms with E-state index in [4.69, 9.17) is 11.1 Å². The fraction of sp³-hybridized carbons (Fsp3) is 0.333. The number of amides is 3. The summed E-state index contributed by atoms with van der Waals surface area (Å²) in [6.45, 7) is 1.72. The molecule has 4 rings (SSSR count). The third-order valence-electron chi connectivity index (χ3n) is 5.72. The first-order chi connectivity index (χ1) is 15.3. The smallest absolute Gasteiger partial charge is 0.267 e. The highest BCUT2D eigenvalue weighted by Crippen LogP contribution is 2.48. The molecular weight excluding hydrogens is 478 g/mol. The van der Waals surface area contributed by atoms with Gasteiger partial charge in [-0.1, -0.05) is 18.2 Å². The average molecular weight is 500 g/mol. The molecule has 0 spiro atoms. The zero-order valence-corrected chi connectivity index (χ0v) is 18.8. The Morgan fingerprint density at radius 3 is 2.75 bits per heavy atom. The van der Waals surface area contributed by atoms with Crippen LogP contribution in [0, 0.1) is 18.3 Å². The molecule has 166 valence electrons. The number of rotatable bonds is 7. The van der Waals surface area contributed by atoms with Crippen molar-refractivity contribution >= 4 is 50.9 Å². The molecule has 0 unspecified atom stereocenters. The van der Waals surface area contributed by atoms with Crippen LogP contribution in [-0.2, 0) is 14.4 Å². The van der Waals surface area contributed by atoms with Crippen LogP contribution in [-0.4, -0.2) is 56.9 Å². The van der Waals surface area contributed by atoms with E-state index in [1.807, 2.05) is 0 Å². The molecule has 1 aromatic heterocycles. The Labute approximate surface area is 192 Å². The molecule has 1 aliphatic carbocycles. The molecule has 1 saturated heterocycles. The van der Waals surface area contributed by atoms with Crippen LogP contribution >= 0.6 is 15.9 Å². The Balaban J connectivity index is 1.44. The van der Waals surface area contributed by atoms with Crippen molar-refractivity contribution in [1.29, 1.82) is 5.41 Å². The molecule has 32 heavy (non-hydrogen) atoms. The molecule has 2 aromatic rings. The Bertz CT molecular complexity index is 1120. The monoisotopic (exact) mass is 499 g/mol. The number of hydrogen-bond acceptors (Lipinski definition) is 7. The minimum Gasteiger partial charge on any atom is -0.376 e. The van der Waals surface area contributed by atoms with E-state index in [2.05, 4.69) is 36.5 Å². The highest BCUT2D eigenvalue weighted by molar-refractivity contribution is 9.10. The van der Waals surface area contributed by atoms with Gasteiger partial charge in [-0.15, -0.1) is 0 Å². The van der Waals surface area contributed by atoms with E-state index in [0.717, 1.165) is 6.42 Å². The lowest BCUT2D eigenvalue weighted by molar-refractivity contribution is -0.136. The number of carbonyl (C=O) groups excluding carboxylic acids is 3. The summed E-state index contributed by atoms with van der Waals surface area (Å²) in [7, 11) is 0. The predicted octanol–water partition coefficient (Wildman–Crippen LogP) is 1.44. The Morgan fingerprint density at radius 2 is 2.03 bits per heavy atom. The predicted molar refractivity (Wildman–Crippen MR) is 121 cm³/mol. The van der Waals surface area contributed by atoms with Gasteiger partial charge in [0, 0.05) is 17.3 Å². The molecule has 5 N–H and O–H groups in total. The van der Waals surface area contributed by atoms with Gasteiger partial charge in [0.2, 0.25) is 11.8 Å². The van der Waals surface area contributed by atoms with Crippen LogP contribution in [0.25, 0.3) is 0 Å². The van der Waals surface area contributed by atoms with E-state index in [9.17, 15) is 14.4 Å². The summed E-state index contributed by atoms with van der Waals surface area (Å²) in [5.41, 5.74) is 6.36. The van der Waals surface area contributed by atoms with Crippen LogP contribution in [0.1, 0.15) is 24.1 Å². The van der Waals surface area contributed by atoms with Crippen LogP contribution in [0.15, 0.2) is 35.1 Å². The molecule has 2 heterocycles. The number of nitrogens with one attached hydrogen (secondary N) is 3. The minimum atomic E-state index is -0.853. The summed E-state index contributed by atoms with van der Waals surface area (Å²) >= 11 is 3.30. The quantitative estimate of drug-likeness (QED) is 0.422. The second-order valence-corrected chi connectivity index (χ2v) is 8.63. The summed E-state index contributed by atoms with van der Waals surface area (Å²) in [5.74, 6) is -0.745. The number of likely N-dealkylation sites (tertiary alicyclic amines) is 1. The number of halogens is 1. The minimum absolute atomic E-state index is 0.0510. The number of hydrogen-bond donors (Lipinski definition) is 4. The Morgan fingerprint density at radius 1 is 1.28 bits per heavy atom. The first-order valence-electron chi connectivity index (χ1n) is 10.1. The number of para-hydroxylation sites is 1. The number of benzene rings is 1. The van der Waals surface area contributed by atoms with E-state index >= 15 is 0 Å². The SMILES string of the molecule is Cc1ncc(NC(=O)[C@@H]2C[C@H]3C[C@H]3N2C(=O)CNc2ccccc2C(=N)C(N)=O)nc1Br. The number of carbonyl (C=O) groups is 3. The van der Waals surface area contributed by atoms with Crippen LogP contribution < -0.4 is 16.4 Å². The highest BCUT2D eigenvalue weighted by Gasteiger charge is 2.55. The lowest BCUT2D eigenvalue weighted by Gasteiger charge is -2.27. The van der Waals surface area contributed by atoms with Gasteiger partial charge in [0.15, 0.2) is 5.82 Å². The summed E-state index contributed by atoms with van der Waals surface area (Å²) < 4.78 is 0.543. The summed E-state index contributed by atoms with van der Waals surface area (Å²) in [6.07, 6.45) is 2.96. The third kappa shape index (κ3) is 4.33. The summed E-state index contributed by atoms with van der Waals surface area (Å²) in [5, 5.41) is 13.6. The summed E-state index contributed by atoms with van der Waals surface area (Å²) in [4.78, 5) is 47.4. The molecule has 1 aliphatic heterocycles. The first kappa shape index (κ1) is 21.9. The number of nitrogens with zero attached hydrogens (tertiary/aromatic N) is 3. The van der Waals surface area contributed by atoms with Gasteiger partial charge in [0.25, 0.3) is 5.91 Å². The van der Waals surface area contributed by atoms with Crippen molar-refractivity contribution in [2.24, 2.45) is 11.7 Å². The van der Waals surface area contributed by atoms with E-state index in [1.165, 1.54) is 6.20 Å². The average Bonchev–Trinajstić information content (AvgIpc) is 3.43. The zero-order valence-electron chi connectivity index (χ0n) is 17.3. The third-order valence-corrected chi connectivity index (χ3v) is 6.47. The fourth-order valence-electron chi connectivity index (χ4n) is 4.00. The number of fused-ring (bicyclic) bond motifs is 1. The Kier molecular flexibility index (Phi) is 5.92. The molecule has 2 aliphatic rings. The lowest BCUT2D eigenvalue weighted by atomic mass is 10.1. The van der Waals surface area contributed by atoms with Gasteiger partial charge in [-0.3, -0.25) is 24.8 Å². The number of aromatic nitrogens is 2. The maximum atomic E-state index is 13.0. The number of anilines is 2. The summed E-state index contributed by atoms with van der Waals surface area (Å²) in [6, 6.07) is 6.13. The molecule has 11 heteroatoms. The molecule has 0 bridgehead atoms. The Hall–Kier alpha value is -3.34. The molecule has 0 radical (unpaired) electrons. The van der Waals surface area contributed by atoms with E-state index in [1.54, 1.807) is 36.1 Å². The molecule has 3 atom stereocenters.